The molecule has 0 aliphatic rings. The van der Waals surface area contributed by atoms with Crippen LogP contribution < -0.4 is 16.5 Å². The fourth-order valence-electron chi connectivity index (χ4n) is 1.02. The summed E-state index contributed by atoms with van der Waals surface area (Å²) in [6, 6.07) is 7.72. The summed E-state index contributed by atoms with van der Waals surface area (Å²) in [7, 11) is 3.93. The van der Waals surface area contributed by atoms with Gasteiger partial charge in [0.05, 0.1) is 0 Å². The van der Waals surface area contributed by atoms with Gasteiger partial charge in [0, 0.05) is 25.3 Å². The summed E-state index contributed by atoms with van der Waals surface area (Å²) < 4.78 is 0. The molecule has 4 N–H and O–H groups in total. The number of anilines is 1. The highest BCUT2D eigenvalue weighted by atomic mass is 15.2. The van der Waals surface area contributed by atoms with E-state index in [2.05, 4.69) is 5.10 Å². The lowest BCUT2D eigenvalue weighted by molar-refractivity contribution is 1.13. The van der Waals surface area contributed by atoms with Crippen LogP contribution in [-0.2, 0) is 0 Å². The second-order valence-electron chi connectivity index (χ2n) is 2.96. The van der Waals surface area contributed by atoms with Gasteiger partial charge in [0.1, 0.15) is 5.84 Å². The zero-order valence-corrected chi connectivity index (χ0v) is 7.86. The first-order valence-corrected chi connectivity index (χ1v) is 3.96. The molecule has 1 aromatic carbocycles. The molecule has 0 atom stereocenters. The van der Waals surface area contributed by atoms with Gasteiger partial charge in [-0.25, -0.2) is 0 Å². The minimum atomic E-state index is 0.351. The van der Waals surface area contributed by atoms with E-state index in [9.17, 15) is 0 Å². The van der Waals surface area contributed by atoms with Crippen LogP contribution >= 0.6 is 0 Å². The third-order valence-corrected chi connectivity index (χ3v) is 1.80. The van der Waals surface area contributed by atoms with Crippen LogP contribution in [0.5, 0.6) is 0 Å². The molecule has 0 aliphatic heterocycles. The van der Waals surface area contributed by atoms with Crippen molar-refractivity contribution in [1.29, 1.82) is 0 Å². The lowest BCUT2D eigenvalue weighted by Gasteiger charge is -2.12. The summed E-state index contributed by atoms with van der Waals surface area (Å²) in [6.07, 6.45) is 0. The van der Waals surface area contributed by atoms with Crippen LogP contribution in [0.15, 0.2) is 29.4 Å². The Morgan fingerprint density at radius 1 is 1.38 bits per heavy atom. The Morgan fingerprint density at radius 2 is 2.08 bits per heavy atom. The van der Waals surface area contributed by atoms with E-state index in [1.54, 1.807) is 0 Å². The number of hydrogen-bond donors (Lipinski definition) is 2. The van der Waals surface area contributed by atoms with E-state index >= 15 is 0 Å². The monoisotopic (exact) mass is 178 g/mol. The molecule has 4 heteroatoms. The highest BCUT2D eigenvalue weighted by molar-refractivity contribution is 5.98. The molecule has 0 saturated heterocycles. The largest absolute Gasteiger partial charge is 0.382 e. The second-order valence-corrected chi connectivity index (χ2v) is 2.96. The van der Waals surface area contributed by atoms with Crippen molar-refractivity contribution in [3.63, 3.8) is 0 Å². The average Bonchev–Trinajstić information content (AvgIpc) is 2.17. The Labute approximate surface area is 77.8 Å². The molecular weight excluding hydrogens is 164 g/mol. The Bertz CT molecular complexity index is 317. The fourth-order valence-corrected chi connectivity index (χ4v) is 1.02. The van der Waals surface area contributed by atoms with Crippen LogP contribution in [0.1, 0.15) is 5.56 Å². The minimum Gasteiger partial charge on any atom is -0.382 e. The number of benzene rings is 1. The van der Waals surface area contributed by atoms with Crippen molar-refractivity contribution in [3.05, 3.63) is 29.8 Å². The molecule has 0 fully saturated rings. The molecule has 0 saturated carbocycles. The van der Waals surface area contributed by atoms with Gasteiger partial charge in [0.15, 0.2) is 0 Å². The van der Waals surface area contributed by atoms with Crippen molar-refractivity contribution in [1.82, 2.24) is 0 Å². The quantitative estimate of drug-likeness (QED) is 0.297. The normalized spacial score (nSPS) is 11.4. The van der Waals surface area contributed by atoms with E-state index in [-0.39, 0.29) is 0 Å². The highest BCUT2D eigenvalue weighted by Gasteiger charge is 2.00. The number of rotatable bonds is 2. The third-order valence-electron chi connectivity index (χ3n) is 1.80. The van der Waals surface area contributed by atoms with Crippen LogP contribution in [0, 0.1) is 0 Å². The van der Waals surface area contributed by atoms with E-state index in [1.165, 1.54) is 0 Å². The van der Waals surface area contributed by atoms with Gasteiger partial charge in [-0.2, -0.15) is 5.10 Å². The number of amidine groups is 1. The van der Waals surface area contributed by atoms with E-state index in [4.69, 9.17) is 11.6 Å². The smallest absolute Gasteiger partial charge is 0.150 e. The maximum Gasteiger partial charge on any atom is 0.150 e. The van der Waals surface area contributed by atoms with Crippen molar-refractivity contribution in [2.45, 2.75) is 0 Å². The number of nitrogens with two attached hydrogens (primary N) is 2. The molecule has 0 unspecified atom stereocenters. The van der Waals surface area contributed by atoms with Gasteiger partial charge in [-0.15, -0.1) is 0 Å². The van der Waals surface area contributed by atoms with Crippen molar-refractivity contribution in [3.8, 4) is 0 Å². The maximum absolute atomic E-state index is 5.57. The van der Waals surface area contributed by atoms with Gasteiger partial charge in [0.25, 0.3) is 0 Å². The Kier molecular flexibility index (Phi) is 2.74. The van der Waals surface area contributed by atoms with E-state index in [0.29, 0.717) is 5.84 Å². The molecule has 0 amide bonds. The molecule has 13 heavy (non-hydrogen) atoms. The van der Waals surface area contributed by atoms with Crippen molar-refractivity contribution < 1.29 is 0 Å². The Morgan fingerprint density at radius 3 is 2.62 bits per heavy atom. The molecule has 0 spiro atoms. The van der Waals surface area contributed by atoms with Gasteiger partial charge in [-0.1, -0.05) is 12.1 Å². The SMILES string of the molecule is CN(C)c1cccc(/C(N)=N/N)c1. The predicted octanol–water partition coefficient (Wildman–Crippen LogP) is 0.332. The van der Waals surface area contributed by atoms with Crippen LogP contribution in [0.3, 0.4) is 0 Å². The molecule has 0 heterocycles. The topological polar surface area (TPSA) is 67.6 Å². The lowest BCUT2D eigenvalue weighted by Crippen LogP contribution is -2.16. The summed E-state index contributed by atoms with van der Waals surface area (Å²) in [4.78, 5) is 1.99. The average molecular weight is 178 g/mol. The zero-order chi connectivity index (χ0) is 9.84. The summed E-state index contributed by atoms with van der Waals surface area (Å²) >= 11 is 0. The third kappa shape index (κ3) is 2.11. The highest BCUT2D eigenvalue weighted by Crippen LogP contribution is 2.12. The molecule has 0 aromatic heterocycles. The molecule has 0 bridgehead atoms. The molecule has 70 valence electrons. The first-order chi connectivity index (χ1) is 6.15. The minimum absolute atomic E-state index is 0.351. The number of hydrazone groups is 1. The summed E-state index contributed by atoms with van der Waals surface area (Å²) in [5, 5.41) is 3.44. The molecule has 1 rings (SSSR count). The first-order valence-electron chi connectivity index (χ1n) is 3.96. The van der Waals surface area contributed by atoms with Crippen molar-refractivity contribution in [2.24, 2.45) is 16.7 Å². The number of nitrogens with zero attached hydrogens (tertiary/aromatic N) is 2. The van der Waals surface area contributed by atoms with E-state index in [0.717, 1.165) is 11.3 Å². The summed E-state index contributed by atoms with van der Waals surface area (Å²) in [5.74, 6) is 5.43. The second kappa shape index (κ2) is 3.80. The standard InChI is InChI=1S/C9H14N4/c1-13(2)8-5-3-4-7(6-8)9(10)12-11/h3-6H,11H2,1-2H3,(H2,10,12). The Balaban J connectivity index is 3.05. The van der Waals surface area contributed by atoms with Gasteiger partial charge >= 0.3 is 0 Å². The predicted molar refractivity (Wildman–Crippen MR) is 55.7 cm³/mol. The van der Waals surface area contributed by atoms with Crippen LogP contribution in [-0.4, -0.2) is 19.9 Å². The van der Waals surface area contributed by atoms with Crippen molar-refractivity contribution >= 4 is 11.5 Å². The van der Waals surface area contributed by atoms with Gasteiger partial charge in [-0.3, -0.25) is 0 Å². The summed E-state index contributed by atoms with van der Waals surface area (Å²) in [6.45, 7) is 0. The van der Waals surface area contributed by atoms with Gasteiger partial charge in [-0.05, 0) is 12.1 Å². The number of hydrogen-bond acceptors (Lipinski definition) is 3. The molecule has 0 aliphatic carbocycles. The lowest BCUT2D eigenvalue weighted by atomic mass is 10.2. The first kappa shape index (κ1) is 9.38. The molecular formula is C9H14N4. The van der Waals surface area contributed by atoms with E-state index in [1.807, 2.05) is 43.3 Å². The van der Waals surface area contributed by atoms with Crippen LogP contribution in [0.2, 0.25) is 0 Å². The van der Waals surface area contributed by atoms with E-state index < -0.39 is 0 Å². The summed E-state index contributed by atoms with van der Waals surface area (Å²) in [5.41, 5.74) is 7.48. The van der Waals surface area contributed by atoms with Gasteiger partial charge in [0.2, 0.25) is 0 Å². The van der Waals surface area contributed by atoms with Crippen LogP contribution in [0.4, 0.5) is 5.69 Å². The molecule has 0 radical (unpaired) electrons. The Hall–Kier alpha value is -1.71. The van der Waals surface area contributed by atoms with Gasteiger partial charge < -0.3 is 16.5 Å². The molecule has 4 nitrogen and oxygen atoms in total. The zero-order valence-electron chi connectivity index (χ0n) is 7.86. The fraction of sp³-hybridized carbons (Fsp3) is 0.222. The maximum atomic E-state index is 5.57. The molecule has 1 aromatic rings. The van der Waals surface area contributed by atoms with Crippen molar-refractivity contribution in [2.75, 3.05) is 19.0 Å². The van der Waals surface area contributed by atoms with Crippen LogP contribution in [0.25, 0.3) is 0 Å².